The van der Waals surface area contributed by atoms with E-state index in [1.54, 1.807) is 0 Å². The molecule has 0 amide bonds. The molecule has 0 radical (unpaired) electrons. The number of hydrogen-bond acceptors (Lipinski definition) is 2. The molecule has 0 fully saturated rings. The molecule has 2 aromatic carbocycles. The number of esters is 1. The minimum absolute atomic E-state index is 0.201. The third kappa shape index (κ3) is 8.00. The maximum Gasteiger partial charge on any atom is 0.307 e. The van der Waals surface area contributed by atoms with Gasteiger partial charge in [-0.25, -0.2) is 18.3 Å². The molecule has 0 saturated carbocycles. The summed E-state index contributed by atoms with van der Waals surface area (Å²) in [5, 5.41) is 0. The third-order valence-electron chi connectivity index (χ3n) is 9.60. The largest absolute Gasteiger partial charge is 0.461 e. The van der Waals surface area contributed by atoms with Gasteiger partial charge < -0.3 is 9.30 Å². The Labute approximate surface area is 298 Å². The van der Waals surface area contributed by atoms with Crippen LogP contribution in [0.3, 0.4) is 0 Å². The summed E-state index contributed by atoms with van der Waals surface area (Å²) < 4.78 is 16.6. The maximum absolute atomic E-state index is 12.8. The zero-order valence-electron chi connectivity index (χ0n) is 28.6. The first kappa shape index (κ1) is 32.0. The summed E-state index contributed by atoms with van der Waals surface area (Å²) in [6, 6.07) is 36.7. The van der Waals surface area contributed by atoms with Crippen molar-refractivity contribution >= 4 is 5.97 Å². The van der Waals surface area contributed by atoms with Crippen LogP contribution in [-0.4, -0.2) is 10.5 Å². The van der Waals surface area contributed by atoms with E-state index in [0.29, 0.717) is 26.1 Å². The SMILES string of the molecule is O=C(CCn1cccc1)OCc1cc2ccc1C[n+]1ccc(cc1)-c1cc[n+](cc1)Cc1ccc(cc1)C[n+]1ccc(cc1)-c1cc[n+](cc1)C2. The molecule has 0 atom stereocenters. The number of hydrogen-bond donors (Lipinski definition) is 0. The van der Waals surface area contributed by atoms with Gasteiger partial charge in [0.05, 0.1) is 6.42 Å². The van der Waals surface area contributed by atoms with E-state index in [-0.39, 0.29) is 12.6 Å². The summed E-state index contributed by atoms with van der Waals surface area (Å²) in [6.45, 7) is 3.86. The van der Waals surface area contributed by atoms with Crippen molar-refractivity contribution in [3.05, 3.63) is 193 Å². The van der Waals surface area contributed by atoms with E-state index in [0.717, 1.165) is 35.3 Å². The molecule has 7 nitrogen and oxygen atoms in total. The monoisotopic (exact) mass is 671 g/mol. The number of carbonyl (C=O) groups excluding carboxylic acids is 1. The number of benzene rings is 2. The van der Waals surface area contributed by atoms with Gasteiger partial charge in [-0.3, -0.25) is 4.79 Å². The molecule has 0 saturated heterocycles. The van der Waals surface area contributed by atoms with Crippen molar-refractivity contribution in [3.63, 3.8) is 0 Å². The van der Waals surface area contributed by atoms with E-state index in [9.17, 15) is 4.79 Å². The molecular formula is C44H41N5O2+4. The highest BCUT2D eigenvalue weighted by Gasteiger charge is 2.15. The number of ether oxygens (including phenoxy) is 1. The number of aromatic nitrogens is 5. The first-order valence-electron chi connectivity index (χ1n) is 17.5. The van der Waals surface area contributed by atoms with Crippen molar-refractivity contribution in [2.24, 2.45) is 0 Å². The predicted molar refractivity (Wildman–Crippen MR) is 193 cm³/mol. The molecule has 21 heterocycles. The highest BCUT2D eigenvalue weighted by atomic mass is 16.5. The smallest absolute Gasteiger partial charge is 0.307 e. The second-order valence-corrected chi connectivity index (χ2v) is 13.3. The average Bonchev–Trinajstić information content (AvgIpc) is 3.70. The van der Waals surface area contributed by atoms with Crippen LogP contribution in [0.25, 0.3) is 22.3 Å². The Morgan fingerprint density at radius 3 is 1.41 bits per heavy atom. The van der Waals surface area contributed by atoms with E-state index in [1.165, 1.54) is 27.8 Å². The topological polar surface area (TPSA) is 46.8 Å². The minimum atomic E-state index is -0.201. The Morgan fingerprint density at radius 2 is 0.941 bits per heavy atom. The molecular weight excluding hydrogens is 631 g/mol. The van der Waals surface area contributed by atoms with Gasteiger partial charge in [0, 0.05) is 89.7 Å². The van der Waals surface area contributed by atoms with Crippen LogP contribution in [0.1, 0.15) is 34.2 Å². The first-order chi connectivity index (χ1) is 25.1. The van der Waals surface area contributed by atoms with Gasteiger partial charge in [-0.1, -0.05) is 36.4 Å². The summed E-state index contributed by atoms with van der Waals surface area (Å²) in [5.74, 6) is -0.201. The molecule has 12 bridgehead atoms. The number of nitrogens with zero attached hydrogens (tertiary/aromatic N) is 5. The molecule has 0 aliphatic carbocycles. The molecule has 23 rings (SSSR count). The van der Waals surface area contributed by atoms with Gasteiger partial charge in [0.15, 0.2) is 75.8 Å². The Kier molecular flexibility index (Phi) is 9.25. The molecule has 7 aromatic rings. The summed E-state index contributed by atoms with van der Waals surface area (Å²) >= 11 is 0. The van der Waals surface area contributed by atoms with Crippen molar-refractivity contribution in [1.29, 1.82) is 0 Å². The Bertz CT molecular complexity index is 2230. The zero-order chi connectivity index (χ0) is 34.4. The van der Waals surface area contributed by atoms with Gasteiger partial charge in [0.2, 0.25) is 0 Å². The molecule has 7 heteroatoms. The zero-order valence-corrected chi connectivity index (χ0v) is 28.6. The fraction of sp³-hybridized carbons (Fsp3) is 0.159. The van der Waals surface area contributed by atoms with Crippen molar-refractivity contribution in [2.45, 2.75) is 45.8 Å². The molecule has 0 spiro atoms. The number of rotatable bonds is 5. The second-order valence-electron chi connectivity index (χ2n) is 13.3. The van der Waals surface area contributed by atoms with Gasteiger partial charge >= 0.3 is 5.97 Å². The third-order valence-corrected chi connectivity index (χ3v) is 9.60. The maximum atomic E-state index is 12.8. The Hall–Kier alpha value is -6.21. The molecule has 250 valence electrons. The van der Waals surface area contributed by atoms with Crippen LogP contribution in [0, 0.1) is 0 Å². The van der Waals surface area contributed by atoms with Gasteiger partial charge in [-0.15, -0.1) is 0 Å². The quantitative estimate of drug-likeness (QED) is 0.177. The fourth-order valence-electron chi connectivity index (χ4n) is 6.64. The lowest BCUT2D eigenvalue weighted by Gasteiger charge is -2.11. The highest BCUT2D eigenvalue weighted by molar-refractivity contribution is 5.69. The van der Waals surface area contributed by atoms with Crippen LogP contribution in [0.5, 0.6) is 0 Å². The average molecular weight is 672 g/mol. The lowest BCUT2D eigenvalue weighted by atomic mass is 10.0. The van der Waals surface area contributed by atoms with E-state index in [4.69, 9.17) is 4.74 Å². The van der Waals surface area contributed by atoms with Crippen molar-refractivity contribution < 1.29 is 27.8 Å². The normalized spacial score (nSPS) is 12.3. The van der Waals surface area contributed by atoms with Gasteiger partial charge in [-0.05, 0) is 46.0 Å². The predicted octanol–water partition coefficient (Wildman–Crippen LogP) is 5.61. The standard InChI is InChI=1S/C44H41N5O2/c50-44(17-28-45-18-1-2-19-45)51-34-43-29-37-7-8-42(43)33-49-26-15-41(16-27-49)39-11-22-47(23-12-39)31-36-5-3-35(4-6-36)30-46-20-9-38(10-21-46)40-13-24-48(32-37)25-14-40/h1-16,18-27,29H,17,28,30-34H2/q+4. The lowest BCUT2D eigenvalue weighted by molar-refractivity contribution is -0.689. The first-order valence-corrected chi connectivity index (χ1v) is 17.5. The second kappa shape index (κ2) is 14.7. The Balaban J connectivity index is 1.08. The molecule has 5 aromatic heterocycles. The highest BCUT2D eigenvalue weighted by Crippen LogP contribution is 2.19. The van der Waals surface area contributed by atoms with Gasteiger partial charge in [0.1, 0.15) is 6.61 Å². The Morgan fingerprint density at radius 1 is 0.529 bits per heavy atom. The van der Waals surface area contributed by atoms with Crippen molar-refractivity contribution in [2.75, 3.05) is 0 Å². The van der Waals surface area contributed by atoms with Crippen LogP contribution in [0.2, 0.25) is 0 Å². The summed E-state index contributed by atoms with van der Waals surface area (Å²) in [4.78, 5) is 12.8. The van der Waals surface area contributed by atoms with Crippen molar-refractivity contribution in [3.8, 4) is 22.3 Å². The summed E-state index contributed by atoms with van der Waals surface area (Å²) in [7, 11) is 0. The van der Waals surface area contributed by atoms with Crippen LogP contribution < -0.4 is 18.3 Å². The molecule has 51 heavy (non-hydrogen) atoms. The minimum Gasteiger partial charge on any atom is -0.461 e. The van der Waals surface area contributed by atoms with Crippen LogP contribution >= 0.6 is 0 Å². The molecule has 16 aliphatic rings. The number of pyridine rings is 4. The van der Waals surface area contributed by atoms with E-state index < -0.39 is 0 Å². The van der Waals surface area contributed by atoms with E-state index in [2.05, 4.69) is 159 Å². The fourth-order valence-corrected chi connectivity index (χ4v) is 6.64. The van der Waals surface area contributed by atoms with Gasteiger partial charge in [-0.2, -0.15) is 0 Å². The molecule has 0 N–H and O–H groups in total. The van der Waals surface area contributed by atoms with Crippen LogP contribution in [0.15, 0.2) is 165 Å². The van der Waals surface area contributed by atoms with E-state index in [1.807, 2.05) is 29.1 Å². The van der Waals surface area contributed by atoms with Crippen LogP contribution in [-0.2, 0) is 48.9 Å². The molecule has 16 aliphatic heterocycles. The van der Waals surface area contributed by atoms with E-state index >= 15 is 0 Å². The van der Waals surface area contributed by atoms with Crippen molar-refractivity contribution in [1.82, 2.24) is 4.57 Å². The number of aryl methyl sites for hydroxylation is 1. The summed E-state index contributed by atoms with van der Waals surface area (Å²) in [5.41, 5.74) is 10.5. The van der Waals surface area contributed by atoms with Crippen LogP contribution in [0.4, 0.5) is 0 Å². The lowest BCUT2D eigenvalue weighted by Crippen LogP contribution is -2.35. The molecule has 0 unspecified atom stereocenters. The summed E-state index contributed by atoms with van der Waals surface area (Å²) in [6.07, 6.45) is 21.4. The number of carbonyl (C=O) groups is 1. The van der Waals surface area contributed by atoms with Gasteiger partial charge in [0.25, 0.3) is 0 Å².